The summed E-state index contributed by atoms with van der Waals surface area (Å²) in [4.78, 5) is 22.5. The minimum atomic E-state index is -0.153. The Morgan fingerprint density at radius 3 is 2.00 bits per heavy atom. The van der Waals surface area contributed by atoms with E-state index in [0.29, 0.717) is 26.3 Å². The van der Waals surface area contributed by atoms with Crippen LogP contribution in [0.1, 0.15) is 6.42 Å². The molecule has 7 heteroatoms. The second-order valence-corrected chi connectivity index (χ2v) is 3.64. The Hall–Kier alpha value is -1.18. The molecule has 2 amide bonds. The minimum Gasteiger partial charge on any atom is -0.385 e. The molecule has 7 nitrogen and oxygen atoms in total. The number of carbonyl (C=O) groups excluding carboxylic acids is 2. The second kappa shape index (κ2) is 12.3. The van der Waals surface area contributed by atoms with E-state index in [1.54, 1.807) is 14.2 Å². The predicted molar refractivity (Wildman–Crippen MR) is 67.3 cm³/mol. The number of hydrogen-bond donors (Lipinski definition) is 3. The molecule has 0 radical (unpaired) electrons. The molecular weight excluding hydrogens is 238 g/mol. The molecule has 0 saturated heterocycles. The van der Waals surface area contributed by atoms with Crippen molar-refractivity contribution >= 4 is 11.8 Å². The van der Waals surface area contributed by atoms with Crippen LogP contribution in [0.2, 0.25) is 0 Å². The molecule has 0 aromatic heterocycles. The molecular formula is C11H23N3O4. The van der Waals surface area contributed by atoms with Crippen LogP contribution in [0.3, 0.4) is 0 Å². The third-order valence-corrected chi connectivity index (χ3v) is 2.05. The summed E-state index contributed by atoms with van der Waals surface area (Å²) in [5.41, 5.74) is 0. The lowest BCUT2D eigenvalue weighted by molar-refractivity contribution is -0.121. The maximum absolute atomic E-state index is 11.3. The molecule has 0 aliphatic rings. The van der Waals surface area contributed by atoms with Crippen molar-refractivity contribution < 1.29 is 19.1 Å². The Labute approximate surface area is 108 Å². The molecule has 0 bridgehead atoms. The third kappa shape index (κ3) is 11.3. The van der Waals surface area contributed by atoms with Gasteiger partial charge in [-0.15, -0.1) is 0 Å². The summed E-state index contributed by atoms with van der Waals surface area (Å²) in [6, 6.07) is 0. The number of carbonyl (C=O) groups is 2. The molecule has 0 saturated carbocycles. The third-order valence-electron chi connectivity index (χ3n) is 2.05. The molecule has 0 spiro atoms. The highest BCUT2D eigenvalue weighted by atomic mass is 16.5. The molecule has 106 valence electrons. The maximum atomic E-state index is 11.3. The number of amides is 2. The largest absolute Gasteiger partial charge is 0.385 e. The van der Waals surface area contributed by atoms with Crippen molar-refractivity contribution in [3.63, 3.8) is 0 Å². The van der Waals surface area contributed by atoms with Gasteiger partial charge in [-0.1, -0.05) is 0 Å². The molecule has 0 unspecified atom stereocenters. The molecule has 0 aliphatic carbocycles. The van der Waals surface area contributed by atoms with E-state index in [4.69, 9.17) is 9.47 Å². The quantitative estimate of drug-likeness (QED) is 0.394. The summed E-state index contributed by atoms with van der Waals surface area (Å²) in [5.74, 6) is -0.282. The highest BCUT2D eigenvalue weighted by Crippen LogP contribution is 1.77. The summed E-state index contributed by atoms with van der Waals surface area (Å²) in [5, 5.41) is 8.11. The Morgan fingerprint density at radius 1 is 0.889 bits per heavy atom. The Balaban J connectivity index is 3.35. The summed E-state index contributed by atoms with van der Waals surface area (Å²) in [6.07, 6.45) is 0.778. The highest BCUT2D eigenvalue weighted by Gasteiger charge is 2.03. The Bertz CT molecular complexity index is 236. The molecule has 3 N–H and O–H groups in total. The van der Waals surface area contributed by atoms with E-state index in [-0.39, 0.29) is 24.9 Å². The Morgan fingerprint density at radius 2 is 1.44 bits per heavy atom. The van der Waals surface area contributed by atoms with Crippen molar-refractivity contribution in [2.75, 3.05) is 53.6 Å². The van der Waals surface area contributed by atoms with E-state index < -0.39 is 0 Å². The fourth-order valence-electron chi connectivity index (χ4n) is 1.15. The van der Waals surface area contributed by atoms with Crippen molar-refractivity contribution in [1.29, 1.82) is 0 Å². The van der Waals surface area contributed by atoms with Crippen LogP contribution in [0.4, 0.5) is 0 Å². The molecule has 18 heavy (non-hydrogen) atoms. The molecule has 0 fully saturated rings. The molecule has 0 atom stereocenters. The standard InChI is InChI=1S/C11H23N3O4/c1-17-6-3-4-13-10(15)8-12-9-11(16)14-5-7-18-2/h12H,3-9H2,1-2H3,(H,13,15)(H,14,16). The van der Waals surface area contributed by atoms with E-state index in [1.807, 2.05) is 0 Å². The van der Waals surface area contributed by atoms with Crippen molar-refractivity contribution in [2.45, 2.75) is 6.42 Å². The summed E-state index contributed by atoms with van der Waals surface area (Å²) >= 11 is 0. The van der Waals surface area contributed by atoms with Gasteiger partial charge >= 0.3 is 0 Å². The van der Waals surface area contributed by atoms with Crippen LogP contribution in [-0.4, -0.2) is 65.4 Å². The number of ether oxygens (including phenoxy) is 2. The number of nitrogens with one attached hydrogen (secondary N) is 3. The van der Waals surface area contributed by atoms with Crippen LogP contribution in [0.5, 0.6) is 0 Å². The van der Waals surface area contributed by atoms with Gasteiger partial charge < -0.3 is 20.1 Å². The van der Waals surface area contributed by atoms with Crippen LogP contribution >= 0.6 is 0 Å². The predicted octanol–water partition coefficient (Wildman–Crippen LogP) is -1.51. The van der Waals surface area contributed by atoms with Crippen molar-refractivity contribution in [2.24, 2.45) is 0 Å². The lowest BCUT2D eigenvalue weighted by Gasteiger charge is -2.07. The monoisotopic (exact) mass is 261 g/mol. The second-order valence-electron chi connectivity index (χ2n) is 3.64. The number of rotatable bonds is 11. The smallest absolute Gasteiger partial charge is 0.234 e. The van der Waals surface area contributed by atoms with Gasteiger partial charge in [0.25, 0.3) is 0 Å². The zero-order valence-electron chi connectivity index (χ0n) is 11.1. The molecule has 0 aromatic rings. The molecule has 0 heterocycles. The average Bonchev–Trinajstić information content (AvgIpc) is 2.35. The van der Waals surface area contributed by atoms with Crippen LogP contribution in [-0.2, 0) is 19.1 Å². The number of hydrogen-bond acceptors (Lipinski definition) is 5. The summed E-state index contributed by atoms with van der Waals surface area (Å²) in [7, 11) is 3.18. The zero-order valence-corrected chi connectivity index (χ0v) is 11.1. The Kier molecular flexibility index (Phi) is 11.5. The minimum absolute atomic E-state index is 0.120. The maximum Gasteiger partial charge on any atom is 0.234 e. The van der Waals surface area contributed by atoms with Gasteiger partial charge in [-0.05, 0) is 6.42 Å². The van der Waals surface area contributed by atoms with Gasteiger partial charge in [0.05, 0.1) is 19.7 Å². The van der Waals surface area contributed by atoms with Crippen molar-refractivity contribution in [3.8, 4) is 0 Å². The van der Waals surface area contributed by atoms with Crippen LogP contribution in [0.15, 0.2) is 0 Å². The highest BCUT2D eigenvalue weighted by molar-refractivity contribution is 5.81. The van der Waals surface area contributed by atoms with Gasteiger partial charge in [0, 0.05) is 33.9 Å². The van der Waals surface area contributed by atoms with E-state index in [9.17, 15) is 9.59 Å². The lowest BCUT2D eigenvalue weighted by Crippen LogP contribution is -2.40. The van der Waals surface area contributed by atoms with E-state index in [1.165, 1.54) is 0 Å². The topological polar surface area (TPSA) is 88.7 Å². The average molecular weight is 261 g/mol. The first kappa shape index (κ1) is 16.8. The van der Waals surface area contributed by atoms with Gasteiger partial charge in [-0.2, -0.15) is 0 Å². The van der Waals surface area contributed by atoms with E-state index in [0.717, 1.165) is 6.42 Å². The molecule has 0 aromatic carbocycles. The van der Waals surface area contributed by atoms with Gasteiger partial charge in [0.1, 0.15) is 0 Å². The summed E-state index contributed by atoms with van der Waals surface area (Å²) in [6.45, 7) is 2.40. The van der Waals surface area contributed by atoms with Crippen LogP contribution < -0.4 is 16.0 Å². The van der Waals surface area contributed by atoms with Gasteiger partial charge in [0.2, 0.25) is 11.8 Å². The number of methoxy groups -OCH3 is 2. The first-order valence-electron chi connectivity index (χ1n) is 5.92. The van der Waals surface area contributed by atoms with E-state index in [2.05, 4.69) is 16.0 Å². The fraction of sp³-hybridized carbons (Fsp3) is 0.818. The lowest BCUT2D eigenvalue weighted by atomic mass is 10.4. The SMILES string of the molecule is COCCCNC(=O)CNCC(=O)NCCOC. The fourth-order valence-corrected chi connectivity index (χ4v) is 1.15. The summed E-state index contributed by atoms with van der Waals surface area (Å²) < 4.78 is 9.64. The van der Waals surface area contributed by atoms with Crippen LogP contribution in [0, 0.1) is 0 Å². The first-order valence-corrected chi connectivity index (χ1v) is 5.92. The van der Waals surface area contributed by atoms with E-state index >= 15 is 0 Å². The van der Waals surface area contributed by atoms with Gasteiger partial charge in [-0.25, -0.2) is 0 Å². The molecule has 0 rings (SSSR count). The molecule has 0 aliphatic heterocycles. The van der Waals surface area contributed by atoms with Crippen molar-refractivity contribution in [1.82, 2.24) is 16.0 Å². The van der Waals surface area contributed by atoms with Crippen LogP contribution in [0.25, 0.3) is 0 Å². The first-order chi connectivity index (χ1) is 8.70. The van der Waals surface area contributed by atoms with Gasteiger partial charge in [-0.3, -0.25) is 14.9 Å². The van der Waals surface area contributed by atoms with Gasteiger partial charge in [0.15, 0.2) is 0 Å². The zero-order chi connectivity index (χ0) is 13.6. The van der Waals surface area contributed by atoms with Crippen molar-refractivity contribution in [3.05, 3.63) is 0 Å². The normalized spacial score (nSPS) is 10.1.